The lowest BCUT2D eigenvalue weighted by molar-refractivity contribution is -0.119. The highest BCUT2D eigenvalue weighted by molar-refractivity contribution is 6.74. The van der Waals surface area contributed by atoms with Crippen LogP contribution in [0.2, 0.25) is 18.1 Å². The molecule has 0 aromatic carbocycles. The van der Waals surface area contributed by atoms with Gasteiger partial charge < -0.3 is 4.43 Å². The molecule has 1 aliphatic rings. The molecule has 0 bridgehead atoms. The van der Waals surface area contributed by atoms with Crippen LogP contribution in [0.3, 0.4) is 0 Å². The van der Waals surface area contributed by atoms with Crippen molar-refractivity contribution >= 4 is 14.1 Å². The summed E-state index contributed by atoms with van der Waals surface area (Å²) in [5.41, 5.74) is 0. The first kappa shape index (κ1) is 15.6. The molecule has 0 aliphatic heterocycles. The van der Waals surface area contributed by atoms with Crippen molar-refractivity contribution in [3.63, 3.8) is 0 Å². The van der Waals surface area contributed by atoms with E-state index in [0.29, 0.717) is 5.78 Å². The number of allylic oxidation sites excluding steroid dienone is 2. The van der Waals surface area contributed by atoms with Gasteiger partial charge in [0.05, 0.1) is 0 Å². The second-order valence-corrected chi connectivity index (χ2v) is 11.6. The summed E-state index contributed by atoms with van der Waals surface area (Å²) in [6.07, 6.45) is 7.82. The lowest BCUT2D eigenvalue weighted by atomic mass is 9.89. The van der Waals surface area contributed by atoms with Crippen molar-refractivity contribution in [2.75, 3.05) is 6.61 Å². The fraction of sp³-hybridized carbons (Fsp3) is 0.800. The fourth-order valence-electron chi connectivity index (χ4n) is 1.94. The molecular formula is C15H28O2Si. The van der Waals surface area contributed by atoms with E-state index in [9.17, 15) is 4.79 Å². The molecular weight excluding hydrogens is 240 g/mol. The van der Waals surface area contributed by atoms with Crippen LogP contribution in [-0.2, 0) is 9.22 Å². The minimum Gasteiger partial charge on any atom is -0.417 e. The highest BCUT2D eigenvalue weighted by Crippen LogP contribution is 2.36. The van der Waals surface area contributed by atoms with Crippen LogP contribution in [0.15, 0.2) is 12.2 Å². The monoisotopic (exact) mass is 268 g/mol. The molecule has 0 spiro atoms. The molecule has 0 heterocycles. The molecule has 0 saturated heterocycles. The molecule has 0 fully saturated rings. The lowest BCUT2D eigenvalue weighted by Crippen LogP contribution is -2.41. The average molecular weight is 268 g/mol. The molecule has 0 saturated carbocycles. The molecule has 104 valence electrons. The number of hydrogen-bond donors (Lipinski definition) is 0. The Bertz CT molecular complexity index is 313. The van der Waals surface area contributed by atoms with E-state index in [0.717, 1.165) is 32.3 Å². The van der Waals surface area contributed by atoms with Crippen molar-refractivity contribution in [3.8, 4) is 0 Å². The van der Waals surface area contributed by atoms with Gasteiger partial charge in [0.25, 0.3) is 0 Å². The molecule has 18 heavy (non-hydrogen) atoms. The van der Waals surface area contributed by atoms with Crippen molar-refractivity contribution in [3.05, 3.63) is 12.2 Å². The van der Waals surface area contributed by atoms with Gasteiger partial charge in [0.15, 0.2) is 14.1 Å². The molecule has 0 amide bonds. The van der Waals surface area contributed by atoms with Crippen molar-refractivity contribution < 1.29 is 9.22 Å². The minimum atomic E-state index is -1.61. The number of ketones is 1. The Balaban J connectivity index is 2.27. The van der Waals surface area contributed by atoms with E-state index in [4.69, 9.17) is 4.43 Å². The maximum absolute atomic E-state index is 11.6. The minimum absolute atomic E-state index is 0.248. The van der Waals surface area contributed by atoms with Gasteiger partial charge in [-0.2, -0.15) is 0 Å². The van der Waals surface area contributed by atoms with E-state index in [-0.39, 0.29) is 11.0 Å². The normalized spacial score (nSPS) is 21.4. The largest absolute Gasteiger partial charge is 0.417 e. The molecule has 0 aromatic rings. The van der Waals surface area contributed by atoms with Crippen molar-refractivity contribution in [1.29, 1.82) is 0 Å². The molecule has 1 rings (SSSR count). The van der Waals surface area contributed by atoms with Crippen LogP contribution in [0, 0.1) is 5.92 Å². The summed E-state index contributed by atoms with van der Waals surface area (Å²) >= 11 is 0. The van der Waals surface area contributed by atoms with Crippen LogP contribution in [-0.4, -0.2) is 20.7 Å². The number of carbonyl (C=O) groups excluding carboxylic acids is 1. The predicted molar refractivity (Wildman–Crippen MR) is 79.3 cm³/mol. The van der Waals surface area contributed by atoms with Gasteiger partial charge in [0, 0.05) is 12.5 Å². The molecule has 1 aliphatic carbocycles. The van der Waals surface area contributed by atoms with Gasteiger partial charge in [-0.05, 0) is 49.9 Å². The first-order valence-electron chi connectivity index (χ1n) is 7.08. The third-order valence-electron chi connectivity index (χ3n) is 4.33. The quantitative estimate of drug-likeness (QED) is 0.548. The Labute approximate surface area is 113 Å². The SMILES string of the molecule is CC(C)(C)[Si](C)(C)OCCCC1CCC=CC1=O. The third-order valence-corrected chi connectivity index (χ3v) is 8.87. The van der Waals surface area contributed by atoms with Gasteiger partial charge in [0.1, 0.15) is 0 Å². The van der Waals surface area contributed by atoms with Crippen molar-refractivity contribution in [1.82, 2.24) is 0 Å². The zero-order valence-electron chi connectivity index (χ0n) is 12.6. The molecule has 1 unspecified atom stereocenters. The smallest absolute Gasteiger partial charge is 0.191 e. The summed E-state index contributed by atoms with van der Waals surface area (Å²) < 4.78 is 6.13. The van der Waals surface area contributed by atoms with E-state index in [1.807, 2.05) is 6.08 Å². The molecule has 0 aromatic heterocycles. The fourth-order valence-corrected chi connectivity index (χ4v) is 3.02. The van der Waals surface area contributed by atoms with Crippen LogP contribution in [0.4, 0.5) is 0 Å². The summed E-state index contributed by atoms with van der Waals surface area (Å²) in [5, 5.41) is 0.274. The number of rotatable bonds is 5. The van der Waals surface area contributed by atoms with E-state index >= 15 is 0 Å². The van der Waals surface area contributed by atoms with Crippen molar-refractivity contribution in [2.45, 2.75) is 64.6 Å². The highest BCUT2D eigenvalue weighted by Gasteiger charge is 2.36. The Morgan fingerprint density at radius 3 is 2.61 bits per heavy atom. The van der Waals surface area contributed by atoms with Gasteiger partial charge in [-0.3, -0.25) is 4.79 Å². The van der Waals surface area contributed by atoms with Gasteiger partial charge >= 0.3 is 0 Å². The Morgan fingerprint density at radius 1 is 1.39 bits per heavy atom. The Hall–Kier alpha value is -0.413. The molecule has 0 radical (unpaired) electrons. The first-order chi connectivity index (χ1) is 8.24. The topological polar surface area (TPSA) is 26.3 Å². The summed E-state index contributed by atoms with van der Waals surface area (Å²) in [4.78, 5) is 11.6. The van der Waals surface area contributed by atoms with Gasteiger partial charge in [-0.1, -0.05) is 26.8 Å². The third kappa shape index (κ3) is 4.36. The number of hydrogen-bond acceptors (Lipinski definition) is 2. The summed E-state index contributed by atoms with van der Waals surface area (Å²) in [5.74, 6) is 0.562. The summed E-state index contributed by atoms with van der Waals surface area (Å²) in [7, 11) is -1.61. The zero-order valence-corrected chi connectivity index (χ0v) is 13.6. The second-order valence-electron chi connectivity index (χ2n) is 6.83. The second kappa shape index (κ2) is 6.16. The summed E-state index contributed by atoms with van der Waals surface area (Å²) in [6, 6.07) is 0. The molecule has 2 nitrogen and oxygen atoms in total. The van der Waals surface area contributed by atoms with Crippen LogP contribution < -0.4 is 0 Å². The van der Waals surface area contributed by atoms with Gasteiger partial charge in [-0.15, -0.1) is 0 Å². The van der Waals surface area contributed by atoms with E-state index in [2.05, 4.69) is 33.9 Å². The lowest BCUT2D eigenvalue weighted by Gasteiger charge is -2.36. The predicted octanol–water partition coefficient (Wildman–Crippen LogP) is 4.32. The maximum Gasteiger partial charge on any atom is 0.191 e. The molecule has 3 heteroatoms. The van der Waals surface area contributed by atoms with Gasteiger partial charge in [0.2, 0.25) is 0 Å². The van der Waals surface area contributed by atoms with Crippen molar-refractivity contribution in [2.24, 2.45) is 5.92 Å². The van der Waals surface area contributed by atoms with Crippen LogP contribution in [0.1, 0.15) is 46.5 Å². The Morgan fingerprint density at radius 2 is 2.06 bits per heavy atom. The van der Waals surface area contributed by atoms with Crippen LogP contribution in [0.5, 0.6) is 0 Å². The van der Waals surface area contributed by atoms with Crippen LogP contribution >= 0.6 is 0 Å². The van der Waals surface area contributed by atoms with E-state index in [1.165, 1.54) is 0 Å². The van der Waals surface area contributed by atoms with E-state index < -0.39 is 8.32 Å². The first-order valence-corrected chi connectivity index (χ1v) is 9.99. The standard InChI is InChI=1S/C15H28O2Si/c1-15(2,3)18(4,5)17-12-8-10-13-9-6-7-11-14(13)16/h7,11,13H,6,8-10,12H2,1-5H3. The highest BCUT2D eigenvalue weighted by atomic mass is 28.4. The summed E-state index contributed by atoms with van der Waals surface area (Å²) in [6.45, 7) is 12.1. The maximum atomic E-state index is 11.6. The zero-order chi connectivity index (χ0) is 13.8. The molecule has 1 atom stereocenters. The van der Waals surface area contributed by atoms with E-state index in [1.54, 1.807) is 6.08 Å². The molecule has 0 N–H and O–H groups in total. The average Bonchev–Trinajstić information content (AvgIpc) is 2.25. The van der Waals surface area contributed by atoms with Gasteiger partial charge in [-0.25, -0.2) is 0 Å². The van der Waals surface area contributed by atoms with Crippen LogP contribution in [0.25, 0.3) is 0 Å². The Kier molecular flexibility index (Phi) is 5.35. The number of carbonyl (C=O) groups is 1.